The quantitative estimate of drug-likeness (QED) is 0.892. The second kappa shape index (κ2) is 6.66. The minimum absolute atomic E-state index is 0.101. The summed E-state index contributed by atoms with van der Waals surface area (Å²) < 4.78 is 5.35. The van der Waals surface area contributed by atoms with E-state index in [1.807, 2.05) is 33.8 Å². The van der Waals surface area contributed by atoms with Gasteiger partial charge in [0.1, 0.15) is 5.75 Å². The van der Waals surface area contributed by atoms with E-state index < -0.39 is 0 Å². The molecule has 0 saturated heterocycles. The number of carbonyl (C=O) groups is 1. The van der Waals surface area contributed by atoms with E-state index in [4.69, 9.17) is 16.3 Å². The van der Waals surface area contributed by atoms with Gasteiger partial charge in [-0.15, -0.1) is 0 Å². The molecule has 0 aliphatic heterocycles. The number of methoxy groups -OCH3 is 1. The monoisotopic (exact) mass is 284 g/mol. The maximum Gasteiger partial charge on any atom is 0.315 e. The molecule has 0 spiro atoms. The minimum atomic E-state index is -0.201. The van der Waals surface area contributed by atoms with Gasteiger partial charge in [0.15, 0.2) is 0 Å². The Morgan fingerprint density at radius 1 is 1.42 bits per heavy atom. The number of urea groups is 1. The largest absolute Gasteiger partial charge is 0.496 e. The Bertz CT molecular complexity index is 473. The summed E-state index contributed by atoms with van der Waals surface area (Å²) in [6.07, 6.45) is 0. The Morgan fingerprint density at radius 2 is 2.05 bits per heavy atom. The van der Waals surface area contributed by atoms with Crippen molar-refractivity contribution in [1.29, 1.82) is 0 Å². The summed E-state index contributed by atoms with van der Waals surface area (Å²) in [6, 6.07) is 1.78. The third-order valence-electron chi connectivity index (χ3n) is 2.84. The number of amides is 2. The number of rotatable bonds is 4. The summed E-state index contributed by atoms with van der Waals surface area (Å²) in [5.41, 5.74) is 2.80. The van der Waals surface area contributed by atoms with Crippen molar-refractivity contribution in [3.63, 3.8) is 0 Å². The number of nitrogens with one attached hydrogen (secondary N) is 2. The van der Waals surface area contributed by atoms with Crippen LogP contribution in [0.3, 0.4) is 0 Å². The normalized spacial score (nSPS) is 10.5. The number of ether oxygens (including phenoxy) is 1. The highest BCUT2D eigenvalue weighted by Crippen LogP contribution is 2.31. The van der Waals surface area contributed by atoms with Gasteiger partial charge in [0.25, 0.3) is 0 Å². The third kappa shape index (κ3) is 4.03. The molecule has 4 nitrogen and oxygen atoms in total. The molecular weight excluding hydrogens is 264 g/mol. The summed E-state index contributed by atoms with van der Waals surface area (Å²) in [7, 11) is 1.61. The van der Waals surface area contributed by atoms with Gasteiger partial charge in [-0.2, -0.15) is 0 Å². The molecule has 0 unspecified atom stereocenters. The highest BCUT2D eigenvalue weighted by Gasteiger charge is 2.13. The summed E-state index contributed by atoms with van der Waals surface area (Å²) in [6.45, 7) is 8.06. The van der Waals surface area contributed by atoms with E-state index in [-0.39, 0.29) is 12.1 Å². The Hall–Kier alpha value is -1.42. The van der Waals surface area contributed by atoms with Crippen LogP contribution in [0.2, 0.25) is 5.02 Å². The maximum absolute atomic E-state index is 11.6. The van der Waals surface area contributed by atoms with Gasteiger partial charge in [-0.25, -0.2) is 4.79 Å². The second-order valence-electron chi connectivity index (χ2n) is 4.79. The lowest BCUT2D eigenvalue weighted by atomic mass is 10.0. The standard InChI is InChI=1S/C14H21ClN2O2/c1-8(2)17-14(18)16-7-11-10(4)13(15)9(3)6-12(11)19-5/h6,8H,7H2,1-5H3,(H2,16,17,18). The summed E-state index contributed by atoms with van der Waals surface area (Å²) in [5.74, 6) is 0.740. The Kier molecular flexibility index (Phi) is 5.48. The van der Waals surface area contributed by atoms with E-state index in [2.05, 4.69) is 10.6 Å². The average Bonchev–Trinajstić information content (AvgIpc) is 2.33. The van der Waals surface area contributed by atoms with Crippen LogP contribution in [-0.2, 0) is 6.54 Å². The lowest BCUT2D eigenvalue weighted by molar-refractivity contribution is 0.238. The first kappa shape index (κ1) is 15.6. The van der Waals surface area contributed by atoms with Crippen LogP contribution >= 0.6 is 11.6 Å². The average molecular weight is 285 g/mol. The first-order valence-corrected chi connectivity index (χ1v) is 6.61. The van der Waals surface area contributed by atoms with E-state index in [1.165, 1.54) is 0 Å². The highest BCUT2D eigenvalue weighted by molar-refractivity contribution is 6.32. The topological polar surface area (TPSA) is 50.4 Å². The van der Waals surface area contributed by atoms with Crippen molar-refractivity contribution in [3.8, 4) is 5.75 Å². The van der Waals surface area contributed by atoms with Crippen LogP contribution in [0, 0.1) is 13.8 Å². The van der Waals surface area contributed by atoms with Crippen LogP contribution in [-0.4, -0.2) is 19.2 Å². The number of aryl methyl sites for hydroxylation is 1. The summed E-state index contributed by atoms with van der Waals surface area (Å²) in [4.78, 5) is 11.6. The van der Waals surface area contributed by atoms with Crippen molar-refractivity contribution >= 4 is 17.6 Å². The zero-order chi connectivity index (χ0) is 14.6. The zero-order valence-corrected chi connectivity index (χ0v) is 12.8. The van der Waals surface area contributed by atoms with E-state index in [9.17, 15) is 4.79 Å². The lowest BCUT2D eigenvalue weighted by Gasteiger charge is -2.16. The Morgan fingerprint density at radius 3 is 2.58 bits per heavy atom. The number of carbonyl (C=O) groups excluding carboxylic acids is 1. The molecule has 1 aromatic carbocycles. The molecule has 0 atom stereocenters. The fourth-order valence-corrected chi connectivity index (χ4v) is 2.01. The van der Waals surface area contributed by atoms with E-state index in [1.54, 1.807) is 7.11 Å². The minimum Gasteiger partial charge on any atom is -0.496 e. The fourth-order valence-electron chi connectivity index (χ4n) is 1.84. The fraction of sp³-hybridized carbons (Fsp3) is 0.500. The first-order valence-electron chi connectivity index (χ1n) is 6.23. The van der Waals surface area contributed by atoms with Gasteiger partial charge in [0.05, 0.1) is 7.11 Å². The van der Waals surface area contributed by atoms with Crippen molar-refractivity contribution in [2.24, 2.45) is 0 Å². The van der Waals surface area contributed by atoms with Crippen LogP contribution in [0.1, 0.15) is 30.5 Å². The molecule has 0 aliphatic carbocycles. The molecule has 19 heavy (non-hydrogen) atoms. The lowest BCUT2D eigenvalue weighted by Crippen LogP contribution is -2.39. The molecule has 0 aliphatic rings. The van der Waals surface area contributed by atoms with Crippen molar-refractivity contribution in [3.05, 3.63) is 27.8 Å². The molecule has 1 rings (SSSR count). The van der Waals surface area contributed by atoms with E-state index in [0.717, 1.165) is 22.4 Å². The number of hydrogen-bond donors (Lipinski definition) is 2. The smallest absolute Gasteiger partial charge is 0.315 e. The predicted molar refractivity (Wildman–Crippen MR) is 78.0 cm³/mol. The second-order valence-corrected chi connectivity index (χ2v) is 5.17. The molecule has 0 heterocycles. The van der Waals surface area contributed by atoms with Crippen molar-refractivity contribution in [2.45, 2.75) is 40.3 Å². The van der Waals surface area contributed by atoms with Crippen LogP contribution in [0.5, 0.6) is 5.75 Å². The van der Waals surface area contributed by atoms with Gasteiger partial charge in [0.2, 0.25) is 0 Å². The van der Waals surface area contributed by atoms with Gasteiger partial charge in [0, 0.05) is 23.2 Å². The SMILES string of the molecule is COc1cc(C)c(Cl)c(C)c1CNC(=O)NC(C)C. The molecule has 106 valence electrons. The van der Waals surface area contributed by atoms with Crippen LogP contribution in [0.25, 0.3) is 0 Å². The van der Waals surface area contributed by atoms with Crippen LogP contribution in [0.4, 0.5) is 4.79 Å². The van der Waals surface area contributed by atoms with Gasteiger partial charge in [-0.05, 0) is 44.9 Å². The molecule has 0 bridgehead atoms. The van der Waals surface area contributed by atoms with Crippen molar-refractivity contribution < 1.29 is 9.53 Å². The molecule has 2 N–H and O–H groups in total. The van der Waals surface area contributed by atoms with Crippen molar-refractivity contribution in [2.75, 3.05) is 7.11 Å². The van der Waals surface area contributed by atoms with E-state index >= 15 is 0 Å². The molecule has 5 heteroatoms. The molecule has 0 aromatic heterocycles. The van der Waals surface area contributed by atoms with Gasteiger partial charge in [-0.1, -0.05) is 11.6 Å². The Labute approximate surface area is 119 Å². The maximum atomic E-state index is 11.6. The third-order valence-corrected chi connectivity index (χ3v) is 3.42. The van der Waals surface area contributed by atoms with Gasteiger partial charge < -0.3 is 15.4 Å². The van der Waals surface area contributed by atoms with Crippen LogP contribution < -0.4 is 15.4 Å². The van der Waals surface area contributed by atoms with Crippen molar-refractivity contribution in [1.82, 2.24) is 10.6 Å². The number of hydrogen-bond acceptors (Lipinski definition) is 2. The zero-order valence-electron chi connectivity index (χ0n) is 12.1. The molecule has 0 fully saturated rings. The van der Waals surface area contributed by atoms with E-state index in [0.29, 0.717) is 11.6 Å². The number of benzene rings is 1. The molecule has 2 amide bonds. The van der Waals surface area contributed by atoms with Gasteiger partial charge in [-0.3, -0.25) is 0 Å². The summed E-state index contributed by atoms with van der Waals surface area (Å²) >= 11 is 6.23. The van der Waals surface area contributed by atoms with Gasteiger partial charge >= 0.3 is 6.03 Å². The molecular formula is C14H21ClN2O2. The first-order chi connectivity index (χ1) is 8.86. The molecule has 1 aromatic rings. The number of halogens is 1. The molecule has 0 saturated carbocycles. The Balaban J connectivity index is 2.89. The molecule has 0 radical (unpaired) electrons. The highest BCUT2D eigenvalue weighted by atomic mass is 35.5. The summed E-state index contributed by atoms with van der Waals surface area (Å²) in [5, 5.41) is 6.29. The predicted octanol–water partition coefficient (Wildman–Crippen LogP) is 3.17. The van der Waals surface area contributed by atoms with Crippen LogP contribution in [0.15, 0.2) is 6.07 Å².